The Morgan fingerprint density at radius 2 is 2.19 bits per heavy atom. The summed E-state index contributed by atoms with van der Waals surface area (Å²) in [7, 11) is 0. The number of carbonyl (C=O) groups excluding carboxylic acids is 1. The summed E-state index contributed by atoms with van der Waals surface area (Å²) in [5, 5.41) is 8.67. The van der Waals surface area contributed by atoms with Crippen molar-refractivity contribution in [3.05, 3.63) is 0 Å². The second kappa shape index (κ2) is 5.84. The minimum absolute atomic E-state index is 0.0965. The molecule has 1 heterocycles. The van der Waals surface area contributed by atoms with Crippen molar-refractivity contribution in [1.29, 1.82) is 0 Å². The summed E-state index contributed by atoms with van der Waals surface area (Å²) in [6.07, 6.45) is 0.983. The van der Waals surface area contributed by atoms with Crippen LogP contribution in [-0.2, 0) is 9.59 Å². The van der Waals surface area contributed by atoms with E-state index < -0.39 is 5.97 Å². The third-order valence-electron chi connectivity index (χ3n) is 3.03. The van der Waals surface area contributed by atoms with E-state index in [0.717, 1.165) is 32.6 Å². The van der Waals surface area contributed by atoms with Gasteiger partial charge in [0.25, 0.3) is 0 Å². The Labute approximate surface area is 96.0 Å². The Morgan fingerprint density at radius 1 is 1.50 bits per heavy atom. The number of hydrogen-bond donors (Lipinski definition) is 1. The molecule has 0 aromatic carbocycles. The van der Waals surface area contributed by atoms with Crippen molar-refractivity contribution in [2.75, 3.05) is 32.7 Å². The molecule has 1 fully saturated rings. The van der Waals surface area contributed by atoms with Crippen LogP contribution in [0.25, 0.3) is 0 Å². The van der Waals surface area contributed by atoms with E-state index in [4.69, 9.17) is 5.11 Å². The summed E-state index contributed by atoms with van der Waals surface area (Å²) in [6, 6.07) is 0. The first-order valence-corrected chi connectivity index (χ1v) is 5.72. The fourth-order valence-electron chi connectivity index (χ4n) is 2.19. The molecule has 1 N–H and O–H groups in total. The van der Waals surface area contributed by atoms with E-state index in [1.807, 2.05) is 16.7 Å². The molecule has 0 spiro atoms. The van der Waals surface area contributed by atoms with Gasteiger partial charge in [0, 0.05) is 26.6 Å². The van der Waals surface area contributed by atoms with Gasteiger partial charge >= 0.3 is 5.97 Å². The van der Waals surface area contributed by atoms with Crippen molar-refractivity contribution in [2.24, 2.45) is 5.92 Å². The molecule has 0 radical (unpaired) electrons. The molecule has 0 saturated carbocycles. The number of rotatable bonds is 5. The number of carboxylic acid groups (broad SMARTS) is 1. The first-order chi connectivity index (χ1) is 7.52. The topological polar surface area (TPSA) is 60.9 Å². The lowest BCUT2D eigenvalue weighted by Crippen LogP contribution is -2.35. The Kier molecular flexibility index (Phi) is 4.73. The molecular weight excluding hydrogens is 208 g/mol. The average molecular weight is 228 g/mol. The van der Waals surface area contributed by atoms with Crippen LogP contribution in [0.1, 0.15) is 20.3 Å². The predicted octanol–water partition coefficient (Wildman–Crippen LogP) is 0.261. The predicted molar refractivity (Wildman–Crippen MR) is 60.1 cm³/mol. The van der Waals surface area contributed by atoms with Crippen molar-refractivity contribution < 1.29 is 14.7 Å². The van der Waals surface area contributed by atoms with Crippen LogP contribution in [-0.4, -0.2) is 59.5 Å². The van der Waals surface area contributed by atoms with Crippen molar-refractivity contribution >= 4 is 11.9 Å². The quantitative estimate of drug-likeness (QED) is 0.733. The normalized spacial score (nSPS) is 21.0. The summed E-state index contributed by atoms with van der Waals surface area (Å²) >= 11 is 0. The van der Waals surface area contributed by atoms with Crippen LogP contribution in [0, 0.1) is 5.92 Å². The molecule has 1 atom stereocenters. The molecule has 1 saturated heterocycles. The zero-order valence-electron chi connectivity index (χ0n) is 9.98. The van der Waals surface area contributed by atoms with E-state index >= 15 is 0 Å². The lowest BCUT2D eigenvalue weighted by molar-refractivity contribution is -0.138. The van der Waals surface area contributed by atoms with Gasteiger partial charge < -0.3 is 10.0 Å². The number of carboxylic acids is 1. The van der Waals surface area contributed by atoms with Gasteiger partial charge in [0.05, 0.1) is 6.54 Å². The number of amides is 1. The van der Waals surface area contributed by atoms with E-state index in [1.54, 1.807) is 6.92 Å². The molecule has 1 rings (SSSR count). The fourth-order valence-corrected chi connectivity index (χ4v) is 2.19. The zero-order valence-corrected chi connectivity index (χ0v) is 9.98. The van der Waals surface area contributed by atoms with Gasteiger partial charge in [-0.25, -0.2) is 0 Å². The van der Waals surface area contributed by atoms with Gasteiger partial charge in [-0.05, 0) is 25.8 Å². The van der Waals surface area contributed by atoms with E-state index in [1.165, 1.54) is 0 Å². The Bertz CT molecular complexity index is 268. The minimum atomic E-state index is -0.778. The van der Waals surface area contributed by atoms with Crippen LogP contribution < -0.4 is 0 Å². The number of likely N-dealkylation sites (tertiary alicyclic amines) is 1. The highest BCUT2D eigenvalue weighted by molar-refractivity contribution is 5.73. The fraction of sp³-hybridized carbons (Fsp3) is 0.818. The lowest BCUT2D eigenvalue weighted by atomic mass is 10.1. The van der Waals surface area contributed by atoms with Crippen molar-refractivity contribution in [2.45, 2.75) is 20.3 Å². The minimum Gasteiger partial charge on any atom is -0.480 e. The van der Waals surface area contributed by atoms with Crippen molar-refractivity contribution in [1.82, 2.24) is 9.80 Å². The van der Waals surface area contributed by atoms with Gasteiger partial charge in [-0.15, -0.1) is 0 Å². The van der Waals surface area contributed by atoms with E-state index in [0.29, 0.717) is 5.92 Å². The van der Waals surface area contributed by atoms with Gasteiger partial charge in [-0.3, -0.25) is 14.5 Å². The van der Waals surface area contributed by atoms with Crippen LogP contribution in [0.15, 0.2) is 0 Å². The number of hydrogen-bond acceptors (Lipinski definition) is 3. The molecule has 0 aromatic rings. The third kappa shape index (κ3) is 3.81. The van der Waals surface area contributed by atoms with Crippen molar-refractivity contribution in [3.8, 4) is 0 Å². The largest absolute Gasteiger partial charge is 0.480 e. The van der Waals surface area contributed by atoms with E-state index in [2.05, 4.69) is 0 Å². The van der Waals surface area contributed by atoms with Gasteiger partial charge in [0.15, 0.2) is 0 Å². The number of carbonyl (C=O) groups is 2. The molecule has 0 bridgehead atoms. The van der Waals surface area contributed by atoms with Gasteiger partial charge in [-0.1, -0.05) is 0 Å². The molecule has 1 aliphatic heterocycles. The van der Waals surface area contributed by atoms with Crippen LogP contribution in [0.4, 0.5) is 0 Å². The van der Waals surface area contributed by atoms with Crippen LogP contribution in [0.2, 0.25) is 0 Å². The molecular formula is C11H20N2O3. The lowest BCUT2D eigenvalue weighted by Gasteiger charge is -2.23. The molecule has 0 aromatic heterocycles. The number of nitrogens with zero attached hydrogens (tertiary/aromatic N) is 2. The molecule has 5 nitrogen and oxygen atoms in total. The zero-order chi connectivity index (χ0) is 12.1. The first kappa shape index (κ1) is 13.0. The second-order valence-electron chi connectivity index (χ2n) is 4.34. The van der Waals surface area contributed by atoms with Gasteiger partial charge in [-0.2, -0.15) is 0 Å². The maximum atomic E-state index is 11.2. The highest BCUT2D eigenvalue weighted by Crippen LogP contribution is 2.17. The third-order valence-corrected chi connectivity index (χ3v) is 3.03. The Balaban J connectivity index is 2.35. The molecule has 1 amide bonds. The average Bonchev–Trinajstić information content (AvgIpc) is 2.60. The van der Waals surface area contributed by atoms with Gasteiger partial charge in [0.1, 0.15) is 0 Å². The second-order valence-corrected chi connectivity index (χ2v) is 4.34. The smallest absolute Gasteiger partial charge is 0.317 e. The highest BCUT2D eigenvalue weighted by atomic mass is 16.4. The van der Waals surface area contributed by atoms with Crippen LogP contribution in [0.5, 0.6) is 0 Å². The monoisotopic (exact) mass is 228 g/mol. The van der Waals surface area contributed by atoms with Crippen molar-refractivity contribution in [3.63, 3.8) is 0 Å². The van der Waals surface area contributed by atoms with E-state index in [9.17, 15) is 9.59 Å². The molecule has 1 aliphatic rings. The summed E-state index contributed by atoms with van der Waals surface area (Å²) < 4.78 is 0. The maximum Gasteiger partial charge on any atom is 0.317 e. The highest BCUT2D eigenvalue weighted by Gasteiger charge is 2.25. The summed E-state index contributed by atoms with van der Waals surface area (Å²) in [5.41, 5.74) is 0. The van der Waals surface area contributed by atoms with Gasteiger partial charge in [0.2, 0.25) is 5.91 Å². The Hall–Kier alpha value is -1.10. The Morgan fingerprint density at radius 3 is 2.69 bits per heavy atom. The number of aliphatic carboxylic acids is 1. The van der Waals surface area contributed by atoms with E-state index in [-0.39, 0.29) is 12.5 Å². The summed E-state index contributed by atoms with van der Waals surface area (Å²) in [4.78, 5) is 25.5. The molecule has 92 valence electrons. The standard InChI is InChI=1S/C11H20N2O3/c1-3-13(9(2)14)7-10-4-5-12(6-10)8-11(15)16/h10H,3-8H2,1-2H3,(H,15,16)/t10-/m0/s1. The van der Waals surface area contributed by atoms with Crippen LogP contribution in [0.3, 0.4) is 0 Å². The molecule has 16 heavy (non-hydrogen) atoms. The molecule has 5 heteroatoms. The first-order valence-electron chi connectivity index (χ1n) is 5.72. The summed E-state index contributed by atoms with van der Waals surface area (Å²) in [6.45, 7) is 6.75. The SMILES string of the molecule is CCN(C[C@H]1CCN(CC(=O)O)C1)C(C)=O. The summed E-state index contributed by atoms with van der Waals surface area (Å²) in [5.74, 6) is -0.262. The molecule has 0 unspecified atom stereocenters. The van der Waals surface area contributed by atoms with Crippen LogP contribution >= 0.6 is 0 Å². The molecule has 0 aliphatic carbocycles. The maximum absolute atomic E-state index is 11.2.